The zero-order valence-corrected chi connectivity index (χ0v) is 32.5. The zero-order valence-electron chi connectivity index (χ0n) is 32.5. The van der Waals surface area contributed by atoms with Gasteiger partial charge in [-0.15, -0.1) is 0 Å². The number of fused-ring (bicyclic) bond motifs is 12. The highest BCUT2D eigenvalue weighted by Crippen LogP contribution is 2.50. The van der Waals surface area contributed by atoms with Crippen LogP contribution < -0.4 is 0 Å². The molecule has 0 atom stereocenters. The summed E-state index contributed by atoms with van der Waals surface area (Å²) in [5.41, 5.74) is 16.4. The van der Waals surface area contributed by atoms with E-state index in [2.05, 4.69) is 219 Å². The minimum absolute atomic E-state index is 0.0553. The van der Waals surface area contributed by atoms with Gasteiger partial charge >= 0.3 is 0 Å². The van der Waals surface area contributed by atoms with Gasteiger partial charge in [0.1, 0.15) is 0 Å². The molecule has 0 bridgehead atoms. The number of rotatable bonds is 4. The van der Waals surface area contributed by atoms with Crippen molar-refractivity contribution in [2.45, 2.75) is 19.3 Å². The van der Waals surface area contributed by atoms with Crippen molar-refractivity contribution in [1.82, 2.24) is 4.57 Å². The second-order valence-corrected chi connectivity index (χ2v) is 16.5. The van der Waals surface area contributed by atoms with Crippen molar-refractivity contribution in [3.05, 3.63) is 211 Å². The van der Waals surface area contributed by atoms with Crippen molar-refractivity contribution in [3.8, 4) is 50.2 Å². The average molecular weight is 738 g/mol. The highest BCUT2D eigenvalue weighted by atomic mass is 15.0. The number of benzene rings is 10. The second-order valence-electron chi connectivity index (χ2n) is 16.5. The van der Waals surface area contributed by atoms with Crippen LogP contribution in [0.5, 0.6) is 0 Å². The lowest BCUT2D eigenvalue weighted by Gasteiger charge is -2.22. The van der Waals surface area contributed by atoms with Gasteiger partial charge in [0.05, 0.1) is 11.0 Å². The van der Waals surface area contributed by atoms with Crippen molar-refractivity contribution in [2.24, 2.45) is 0 Å². The quantitative estimate of drug-likeness (QED) is 0.159. The Morgan fingerprint density at radius 1 is 0.293 bits per heavy atom. The molecule has 0 fully saturated rings. The van der Waals surface area contributed by atoms with Gasteiger partial charge in [-0.3, -0.25) is 0 Å². The molecular formula is C57H39N. The van der Waals surface area contributed by atoms with E-state index < -0.39 is 0 Å². The molecule has 1 aliphatic carbocycles. The van der Waals surface area contributed by atoms with Gasteiger partial charge in [-0.25, -0.2) is 0 Å². The molecule has 0 unspecified atom stereocenters. The van der Waals surface area contributed by atoms with Crippen molar-refractivity contribution in [3.63, 3.8) is 0 Å². The Morgan fingerprint density at radius 2 is 0.793 bits per heavy atom. The molecule has 0 radical (unpaired) electrons. The summed E-state index contributed by atoms with van der Waals surface area (Å²) in [5.74, 6) is 0. The van der Waals surface area contributed by atoms with Gasteiger partial charge in [-0.2, -0.15) is 0 Å². The summed E-state index contributed by atoms with van der Waals surface area (Å²) in [6, 6.07) is 74.4. The van der Waals surface area contributed by atoms with Crippen LogP contribution in [0.15, 0.2) is 200 Å². The van der Waals surface area contributed by atoms with E-state index in [0.29, 0.717) is 0 Å². The first-order valence-electron chi connectivity index (χ1n) is 20.3. The molecule has 0 N–H and O–H groups in total. The molecule has 1 heterocycles. The van der Waals surface area contributed by atoms with Crippen LogP contribution in [-0.4, -0.2) is 4.57 Å². The lowest BCUT2D eigenvalue weighted by atomic mass is 9.81. The molecule has 11 aromatic rings. The fourth-order valence-electron chi connectivity index (χ4n) is 10.2. The third-order valence-corrected chi connectivity index (χ3v) is 13.0. The van der Waals surface area contributed by atoms with Crippen molar-refractivity contribution < 1.29 is 0 Å². The van der Waals surface area contributed by atoms with Gasteiger partial charge in [-0.05, 0) is 124 Å². The summed E-state index contributed by atoms with van der Waals surface area (Å²) < 4.78 is 2.46. The smallest absolute Gasteiger partial charge is 0.0547 e. The topological polar surface area (TPSA) is 4.93 Å². The summed E-state index contributed by atoms with van der Waals surface area (Å²) in [6.07, 6.45) is 0. The molecule has 0 spiro atoms. The van der Waals surface area contributed by atoms with Crippen LogP contribution in [0.3, 0.4) is 0 Å². The van der Waals surface area contributed by atoms with Crippen LogP contribution in [-0.2, 0) is 5.41 Å². The standard InChI is InChI=1S/C57H39N/c1-57(2)53-24-11-9-22-48(53)49-30-27-38(34-54(49)57)41-16-3-4-17-42(41)39-28-31-51-50-23-10-12-25-55(50)58(56(51)35-39)40-15-13-14-36(32-40)37-26-29-47-45-20-6-5-18-43(45)44-19-7-8-21-46(44)52(47)33-37/h3-35H,1-2H3. The first-order valence-corrected chi connectivity index (χ1v) is 20.3. The Hall–Kier alpha value is -7.22. The van der Waals surface area contributed by atoms with Crippen LogP contribution in [0.25, 0.3) is 104 Å². The Labute approximate surface area is 338 Å². The lowest BCUT2D eigenvalue weighted by Crippen LogP contribution is -2.14. The zero-order chi connectivity index (χ0) is 38.5. The Morgan fingerprint density at radius 3 is 1.53 bits per heavy atom. The maximum atomic E-state index is 2.46. The third-order valence-electron chi connectivity index (χ3n) is 13.0. The van der Waals surface area contributed by atoms with Crippen molar-refractivity contribution in [1.29, 1.82) is 0 Å². The van der Waals surface area contributed by atoms with Crippen LogP contribution in [0.1, 0.15) is 25.0 Å². The molecule has 0 saturated heterocycles. The summed E-state index contributed by atoms with van der Waals surface area (Å²) in [5, 5.41) is 10.3. The van der Waals surface area contributed by atoms with Gasteiger partial charge < -0.3 is 4.57 Å². The average Bonchev–Trinajstić information content (AvgIpc) is 3.74. The number of aromatic nitrogens is 1. The molecule has 0 amide bonds. The normalized spacial score (nSPS) is 13.1. The van der Waals surface area contributed by atoms with Crippen LogP contribution in [0, 0.1) is 0 Å². The Balaban J connectivity index is 1.01. The van der Waals surface area contributed by atoms with Gasteiger partial charge in [0, 0.05) is 21.9 Å². The molecule has 1 heteroatoms. The molecule has 1 aliphatic rings. The highest BCUT2D eigenvalue weighted by molar-refractivity contribution is 6.25. The number of para-hydroxylation sites is 1. The highest BCUT2D eigenvalue weighted by Gasteiger charge is 2.35. The molecule has 10 aromatic carbocycles. The minimum atomic E-state index is -0.0553. The van der Waals surface area contributed by atoms with Gasteiger partial charge in [0.2, 0.25) is 0 Å². The SMILES string of the molecule is CC1(C)c2ccccc2-c2ccc(-c3ccccc3-c3ccc4c5ccccc5n(-c5cccc(-c6ccc7c8ccccc8c8ccccc8c7c6)c5)c4c3)cc21. The molecule has 272 valence electrons. The largest absolute Gasteiger partial charge is 0.309 e. The van der Waals surface area contributed by atoms with Crippen LogP contribution in [0.2, 0.25) is 0 Å². The number of nitrogens with zero attached hydrogens (tertiary/aromatic N) is 1. The van der Waals surface area contributed by atoms with E-state index in [-0.39, 0.29) is 5.41 Å². The molecule has 0 aliphatic heterocycles. The summed E-state index contributed by atoms with van der Waals surface area (Å²) in [4.78, 5) is 0. The van der Waals surface area contributed by atoms with E-state index in [0.717, 1.165) is 5.69 Å². The molecule has 1 nitrogen and oxygen atoms in total. The van der Waals surface area contributed by atoms with Gasteiger partial charge in [0.15, 0.2) is 0 Å². The molecule has 12 rings (SSSR count). The van der Waals surface area contributed by atoms with Gasteiger partial charge in [-0.1, -0.05) is 178 Å². The fourth-order valence-corrected chi connectivity index (χ4v) is 10.2. The number of hydrogen-bond donors (Lipinski definition) is 0. The van der Waals surface area contributed by atoms with Crippen molar-refractivity contribution >= 4 is 54.1 Å². The Kier molecular flexibility index (Phi) is 7.04. The summed E-state index contributed by atoms with van der Waals surface area (Å²) >= 11 is 0. The lowest BCUT2D eigenvalue weighted by molar-refractivity contribution is 0.660. The van der Waals surface area contributed by atoms with E-state index in [1.807, 2.05) is 0 Å². The van der Waals surface area contributed by atoms with Crippen molar-refractivity contribution in [2.75, 3.05) is 0 Å². The Bertz CT molecular complexity index is 3450. The van der Waals surface area contributed by atoms with E-state index >= 15 is 0 Å². The molecule has 0 saturated carbocycles. The first-order chi connectivity index (χ1) is 28.5. The predicted octanol–water partition coefficient (Wildman–Crippen LogP) is 15.6. The molecule has 1 aromatic heterocycles. The second kappa shape index (κ2) is 12.4. The van der Waals surface area contributed by atoms with E-state index in [4.69, 9.17) is 0 Å². The van der Waals surface area contributed by atoms with E-state index in [9.17, 15) is 0 Å². The summed E-state index contributed by atoms with van der Waals surface area (Å²) in [7, 11) is 0. The summed E-state index contributed by atoms with van der Waals surface area (Å²) in [6.45, 7) is 4.72. The predicted molar refractivity (Wildman–Crippen MR) is 247 cm³/mol. The van der Waals surface area contributed by atoms with Crippen LogP contribution in [0.4, 0.5) is 0 Å². The van der Waals surface area contributed by atoms with Gasteiger partial charge in [0.25, 0.3) is 0 Å². The first kappa shape index (κ1) is 33.0. The fraction of sp³-hybridized carbons (Fsp3) is 0.0526. The molecular weight excluding hydrogens is 699 g/mol. The maximum Gasteiger partial charge on any atom is 0.0547 e. The van der Waals surface area contributed by atoms with E-state index in [1.54, 1.807) is 0 Å². The minimum Gasteiger partial charge on any atom is -0.309 e. The van der Waals surface area contributed by atoms with E-state index in [1.165, 1.54) is 110 Å². The number of hydrogen-bond acceptors (Lipinski definition) is 0. The van der Waals surface area contributed by atoms with Crippen LogP contribution >= 0.6 is 0 Å². The third kappa shape index (κ3) is 4.77. The maximum absolute atomic E-state index is 2.46. The monoisotopic (exact) mass is 737 g/mol. The molecule has 58 heavy (non-hydrogen) atoms.